The molecule has 0 aliphatic rings. The molecule has 0 unspecified atom stereocenters. The Hall–Kier alpha value is -2.50. The minimum absolute atomic E-state index is 0.0583. The van der Waals surface area contributed by atoms with Crippen LogP contribution in [-0.2, 0) is 11.2 Å². The van der Waals surface area contributed by atoms with Crippen molar-refractivity contribution >= 4 is 28.9 Å². The summed E-state index contributed by atoms with van der Waals surface area (Å²) < 4.78 is 5.48. The highest BCUT2D eigenvalue weighted by Crippen LogP contribution is 2.44. The number of carboxylic acids is 1. The lowest BCUT2D eigenvalue weighted by Crippen LogP contribution is -1.97. The minimum atomic E-state index is -0.833. The van der Waals surface area contributed by atoms with Crippen LogP contribution in [0, 0.1) is 0 Å². The molecule has 134 valence electrons. The molecule has 0 amide bonds. The van der Waals surface area contributed by atoms with E-state index in [1.807, 2.05) is 23.6 Å². The molecule has 2 N–H and O–H groups in total. The van der Waals surface area contributed by atoms with E-state index < -0.39 is 5.97 Å². The first-order valence-corrected chi connectivity index (χ1v) is 9.21. The third-order valence-corrected chi connectivity index (χ3v) is 5.32. The van der Waals surface area contributed by atoms with E-state index in [4.69, 9.17) is 21.4 Å². The maximum Gasteiger partial charge on any atom is 0.303 e. The first-order chi connectivity index (χ1) is 12.5. The SMILES string of the molecule is COc1cc(Cl)ccc1-c1csc(CCC(=O)O)c1-c1ccc(O)cc1. The van der Waals surface area contributed by atoms with Crippen LogP contribution in [0.3, 0.4) is 0 Å². The predicted molar refractivity (Wildman–Crippen MR) is 104 cm³/mol. The Morgan fingerprint density at radius 1 is 1.15 bits per heavy atom. The molecule has 0 saturated heterocycles. The smallest absolute Gasteiger partial charge is 0.303 e. The highest BCUT2D eigenvalue weighted by Gasteiger charge is 2.19. The van der Waals surface area contributed by atoms with E-state index in [0.717, 1.165) is 27.1 Å². The summed E-state index contributed by atoms with van der Waals surface area (Å²) in [7, 11) is 1.59. The van der Waals surface area contributed by atoms with Crippen molar-refractivity contribution in [3.63, 3.8) is 0 Å². The summed E-state index contributed by atoms with van der Waals surface area (Å²) in [6.07, 6.45) is 0.495. The number of methoxy groups -OCH3 is 1. The summed E-state index contributed by atoms with van der Waals surface area (Å²) in [6, 6.07) is 12.4. The summed E-state index contributed by atoms with van der Waals surface area (Å²) in [4.78, 5) is 12.0. The van der Waals surface area contributed by atoms with Gasteiger partial charge in [0.05, 0.1) is 13.5 Å². The van der Waals surface area contributed by atoms with Gasteiger partial charge in [-0.1, -0.05) is 23.7 Å². The van der Waals surface area contributed by atoms with Crippen LogP contribution >= 0.6 is 22.9 Å². The fourth-order valence-corrected chi connectivity index (χ4v) is 4.07. The van der Waals surface area contributed by atoms with Crippen LogP contribution in [0.1, 0.15) is 11.3 Å². The molecule has 4 nitrogen and oxygen atoms in total. The highest BCUT2D eigenvalue weighted by atomic mass is 35.5. The molecular formula is C20H17ClO4S. The van der Waals surface area contributed by atoms with Gasteiger partial charge in [0.15, 0.2) is 0 Å². The summed E-state index contributed by atoms with van der Waals surface area (Å²) in [5.41, 5.74) is 3.71. The zero-order valence-electron chi connectivity index (χ0n) is 14.0. The second-order valence-electron chi connectivity index (χ2n) is 5.73. The van der Waals surface area contributed by atoms with Crippen molar-refractivity contribution in [2.45, 2.75) is 12.8 Å². The van der Waals surface area contributed by atoms with Gasteiger partial charge in [0, 0.05) is 26.6 Å². The van der Waals surface area contributed by atoms with Gasteiger partial charge in [-0.15, -0.1) is 11.3 Å². The van der Waals surface area contributed by atoms with E-state index in [1.165, 1.54) is 11.3 Å². The Morgan fingerprint density at radius 3 is 2.54 bits per heavy atom. The number of rotatable bonds is 6. The molecule has 3 aromatic rings. The number of aryl methyl sites for hydroxylation is 1. The number of benzene rings is 2. The van der Waals surface area contributed by atoms with Gasteiger partial charge >= 0.3 is 5.97 Å². The number of phenolic OH excluding ortho intramolecular Hbond substituents is 1. The molecular weight excluding hydrogens is 372 g/mol. The number of aromatic hydroxyl groups is 1. The number of hydrogen-bond acceptors (Lipinski definition) is 4. The third-order valence-electron chi connectivity index (χ3n) is 4.04. The van der Waals surface area contributed by atoms with Crippen LogP contribution in [0.15, 0.2) is 47.8 Å². The lowest BCUT2D eigenvalue weighted by atomic mass is 9.95. The standard InChI is InChI=1S/C20H17ClO4S/c1-25-17-10-13(21)4-7-15(17)16-11-26-18(8-9-19(23)24)20(16)12-2-5-14(22)6-3-12/h2-7,10-11,22H,8-9H2,1H3,(H,23,24). The fraction of sp³-hybridized carbons (Fsp3) is 0.150. The molecule has 0 bridgehead atoms. The van der Waals surface area contributed by atoms with Gasteiger partial charge in [0.2, 0.25) is 0 Å². The lowest BCUT2D eigenvalue weighted by Gasteiger charge is -2.12. The Morgan fingerprint density at radius 2 is 1.88 bits per heavy atom. The molecule has 0 spiro atoms. The largest absolute Gasteiger partial charge is 0.508 e. The van der Waals surface area contributed by atoms with Gasteiger partial charge in [-0.05, 0) is 47.7 Å². The van der Waals surface area contributed by atoms with Crippen LogP contribution in [0.5, 0.6) is 11.5 Å². The van der Waals surface area contributed by atoms with E-state index in [2.05, 4.69) is 0 Å². The number of halogens is 1. The second kappa shape index (κ2) is 7.81. The molecule has 0 radical (unpaired) electrons. The average Bonchev–Trinajstić information content (AvgIpc) is 3.04. The van der Waals surface area contributed by atoms with Crippen molar-refractivity contribution < 1.29 is 19.7 Å². The monoisotopic (exact) mass is 388 g/mol. The molecule has 1 aromatic heterocycles. The van der Waals surface area contributed by atoms with E-state index in [-0.39, 0.29) is 12.2 Å². The number of carboxylic acid groups (broad SMARTS) is 1. The predicted octanol–water partition coefficient (Wildman–Crippen LogP) is 5.47. The number of ether oxygens (including phenoxy) is 1. The Balaban J connectivity index is 2.16. The zero-order valence-corrected chi connectivity index (χ0v) is 15.6. The van der Waals surface area contributed by atoms with Crippen molar-refractivity contribution in [3.8, 4) is 33.8 Å². The number of hydrogen-bond donors (Lipinski definition) is 2. The summed E-state index contributed by atoms with van der Waals surface area (Å²) in [6.45, 7) is 0. The Bertz CT molecular complexity index is 931. The molecule has 0 atom stereocenters. The molecule has 6 heteroatoms. The molecule has 2 aromatic carbocycles. The number of carbonyl (C=O) groups is 1. The van der Waals surface area contributed by atoms with Gasteiger partial charge < -0.3 is 14.9 Å². The summed E-state index contributed by atoms with van der Waals surface area (Å²) in [5, 5.41) is 21.2. The van der Waals surface area contributed by atoms with E-state index >= 15 is 0 Å². The maximum absolute atomic E-state index is 11.0. The van der Waals surface area contributed by atoms with Crippen molar-refractivity contribution in [1.82, 2.24) is 0 Å². The molecule has 1 heterocycles. The fourth-order valence-electron chi connectivity index (χ4n) is 2.83. The Kier molecular flexibility index (Phi) is 5.49. The molecule has 0 saturated carbocycles. The van der Waals surface area contributed by atoms with Crippen LogP contribution in [0.25, 0.3) is 22.3 Å². The second-order valence-corrected chi connectivity index (χ2v) is 7.13. The number of phenols is 1. The van der Waals surface area contributed by atoms with Crippen LogP contribution < -0.4 is 4.74 Å². The van der Waals surface area contributed by atoms with Crippen molar-refractivity contribution in [1.29, 1.82) is 0 Å². The molecule has 26 heavy (non-hydrogen) atoms. The quantitative estimate of drug-likeness (QED) is 0.587. The van der Waals surface area contributed by atoms with Gasteiger partial charge in [-0.3, -0.25) is 4.79 Å². The van der Waals surface area contributed by atoms with Crippen molar-refractivity contribution in [3.05, 3.63) is 57.7 Å². The van der Waals surface area contributed by atoms with Crippen LogP contribution in [0.4, 0.5) is 0 Å². The van der Waals surface area contributed by atoms with E-state index in [0.29, 0.717) is 17.2 Å². The number of thiophene rings is 1. The molecule has 0 aliphatic heterocycles. The normalized spacial score (nSPS) is 10.7. The third kappa shape index (κ3) is 3.84. The Labute approximate surface area is 160 Å². The maximum atomic E-state index is 11.0. The molecule has 0 fully saturated rings. The van der Waals surface area contributed by atoms with Gasteiger partial charge in [-0.2, -0.15) is 0 Å². The van der Waals surface area contributed by atoms with Crippen molar-refractivity contribution in [2.75, 3.05) is 7.11 Å². The van der Waals surface area contributed by atoms with Gasteiger partial charge in [0.25, 0.3) is 0 Å². The summed E-state index contributed by atoms with van der Waals surface area (Å²) in [5.74, 6) is 0.00230. The highest BCUT2D eigenvalue weighted by molar-refractivity contribution is 7.11. The van der Waals surface area contributed by atoms with Crippen molar-refractivity contribution in [2.24, 2.45) is 0 Å². The zero-order chi connectivity index (χ0) is 18.7. The lowest BCUT2D eigenvalue weighted by molar-refractivity contribution is -0.136. The van der Waals surface area contributed by atoms with Gasteiger partial charge in [-0.25, -0.2) is 0 Å². The first kappa shape index (κ1) is 18.3. The van der Waals surface area contributed by atoms with Gasteiger partial charge in [0.1, 0.15) is 11.5 Å². The van der Waals surface area contributed by atoms with E-state index in [1.54, 1.807) is 31.4 Å². The minimum Gasteiger partial charge on any atom is -0.508 e. The molecule has 0 aliphatic carbocycles. The summed E-state index contributed by atoms with van der Waals surface area (Å²) >= 11 is 7.60. The number of aliphatic carboxylic acids is 1. The van der Waals surface area contributed by atoms with E-state index in [9.17, 15) is 9.90 Å². The van der Waals surface area contributed by atoms with Crippen LogP contribution in [0.2, 0.25) is 5.02 Å². The first-order valence-electron chi connectivity index (χ1n) is 7.95. The average molecular weight is 389 g/mol. The van der Waals surface area contributed by atoms with Crippen LogP contribution in [-0.4, -0.2) is 23.3 Å². The topological polar surface area (TPSA) is 66.8 Å². The molecule has 3 rings (SSSR count).